The number of esters is 1. The average molecular weight is 409 g/mol. The lowest BCUT2D eigenvalue weighted by atomic mass is 10.1. The van der Waals surface area contributed by atoms with Crippen molar-refractivity contribution >= 4 is 57.5 Å². The van der Waals surface area contributed by atoms with E-state index in [2.05, 4.69) is 5.32 Å². The Labute approximate surface area is 164 Å². The number of nitrogens with zero attached hydrogens (tertiary/aromatic N) is 1. The second-order valence-electron chi connectivity index (χ2n) is 5.08. The molecule has 0 fully saturated rings. The van der Waals surface area contributed by atoms with Gasteiger partial charge in [0.15, 0.2) is 0 Å². The topological polar surface area (TPSA) is 79.2 Å². The Bertz CT molecular complexity index is 929. The normalized spacial score (nSPS) is 10.6. The van der Waals surface area contributed by atoms with Crippen molar-refractivity contribution in [2.45, 2.75) is 13.8 Å². The Hall–Kier alpha value is -2.33. The lowest BCUT2D eigenvalue weighted by Gasteiger charge is -2.00. The van der Waals surface area contributed by atoms with E-state index in [0.717, 1.165) is 11.3 Å². The molecule has 1 amide bonds. The molecule has 2 aromatic rings. The van der Waals surface area contributed by atoms with Gasteiger partial charge in [-0.1, -0.05) is 29.3 Å². The minimum atomic E-state index is -0.518. The maximum Gasteiger partial charge on any atom is 0.348 e. The quantitative estimate of drug-likeness (QED) is 0.553. The molecule has 2 rings (SSSR count). The number of benzene rings is 1. The fourth-order valence-corrected chi connectivity index (χ4v) is 3.61. The van der Waals surface area contributed by atoms with E-state index in [1.807, 2.05) is 6.07 Å². The highest BCUT2D eigenvalue weighted by molar-refractivity contribution is 7.18. The van der Waals surface area contributed by atoms with Crippen LogP contribution in [0.15, 0.2) is 24.3 Å². The first-order valence-electron chi connectivity index (χ1n) is 7.52. The zero-order valence-corrected chi connectivity index (χ0v) is 16.3. The highest BCUT2D eigenvalue weighted by atomic mass is 35.5. The molecule has 0 saturated heterocycles. The predicted molar refractivity (Wildman–Crippen MR) is 104 cm³/mol. The lowest BCUT2D eigenvalue weighted by molar-refractivity contribution is -0.111. The number of anilines is 1. The van der Waals surface area contributed by atoms with Crippen molar-refractivity contribution in [2.75, 3.05) is 11.9 Å². The van der Waals surface area contributed by atoms with Crippen molar-refractivity contribution in [1.82, 2.24) is 0 Å². The fraction of sp³-hybridized carbons (Fsp3) is 0.167. The maximum absolute atomic E-state index is 12.2. The van der Waals surface area contributed by atoms with Gasteiger partial charge in [-0.15, -0.1) is 11.3 Å². The molecule has 0 unspecified atom stereocenters. The van der Waals surface area contributed by atoms with Crippen LogP contribution in [-0.4, -0.2) is 18.5 Å². The predicted octanol–water partition coefficient (Wildman–Crippen LogP) is 5.06. The van der Waals surface area contributed by atoms with Crippen LogP contribution in [0.3, 0.4) is 0 Å². The van der Waals surface area contributed by atoms with Gasteiger partial charge in [-0.3, -0.25) is 4.79 Å². The van der Waals surface area contributed by atoms with Crippen LogP contribution in [0.2, 0.25) is 10.0 Å². The molecule has 1 N–H and O–H groups in total. The number of ether oxygens (including phenoxy) is 1. The van der Waals surface area contributed by atoms with E-state index in [4.69, 9.17) is 27.9 Å². The monoisotopic (exact) mass is 408 g/mol. The van der Waals surface area contributed by atoms with Gasteiger partial charge >= 0.3 is 5.97 Å². The smallest absolute Gasteiger partial charge is 0.348 e. The third-order valence-corrected chi connectivity index (χ3v) is 5.08. The van der Waals surface area contributed by atoms with Crippen LogP contribution in [0.4, 0.5) is 5.00 Å². The SMILES string of the molecule is CCOC(=O)c1sc(NC(=O)/C=C/c2ccc(Cl)cc2Cl)c(C#N)c1C. The Balaban J connectivity index is 2.21. The van der Waals surface area contributed by atoms with Crippen molar-refractivity contribution in [2.24, 2.45) is 0 Å². The highest BCUT2D eigenvalue weighted by Crippen LogP contribution is 2.33. The summed E-state index contributed by atoms with van der Waals surface area (Å²) < 4.78 is 4.96. The minimum Gasteiger partial charge on any atom is -0.462 e. The number of thiophene rings is 1. The molecule has 0 spiro atoms. The Morgan fingerprint density at radius 3 is 2.73 bits per heavy atom. The molecule has 0 aliphatic carbocycles. The van der Waals surface area contributed by atoms with Gasteiger partial charge in [-0.25, -0.2) is 4.79 Å². The number of hydrogen-bond acceptors (Lipinski definition) is 5. The molecule has 1 aromatic carbocycles. The maximum atomic E-state index is 12.2. The van der Waals surface area contributed by atoms with E-state index in [-0.39, 0.29) is 12.2 Å². The van der Waals surface area contributed by atoms with Crippen molar-refractivity contribution in [3.05, 3.63) is 55.9 Å². The summed E-state index contributed by atoms with van der Waals surface area (Å²) in [6.07, 6.45) is 2.82. The van der Waals surface area contributed by atoms with Gasteiger partial charge in [0, 0.05) is 16.1 Å². The van der Waals surface area contributed by atoms with Gasteiger partial charge in [0.25, 0.3) is 0 Å². The van der Waals surface area contributed by atoms with E-state index in [1.54, 1.807) is 32.0 Å². The van der Waals surface area contributed by atoms with E-state index in [0.29, 0.717) is 31.1 Å². The van der Waals surface area contributed by atoms with E-state index >= 15 is 0 Å². The fourth-order valence-electron chi connectivity index (χ4n) is 2.08. The molecule has 1 heterocycles. The summed E-state index contributed by atoms with van der Waals surface area (Å²) >= 11 is 12.9. The molecule has 1 aromatic heterocycles. The molecule has 8 heteroatoms. The van der Waals surface area contributed by atoms with E-state index in [9.17, 15) is 14.9 Å². The van der Waals surface area contributed by atoms with Gasteiger partial charge in [-0.05, 0) is 43.2 Å². The number of carbonyl (C=O) groups excluding carboxylic acids is 2. The second kappa shape index (κ2) is 8.86. The Morgan fingerprint density at radius 2 is 2.12 bits per heavy atom. The summed E-state index contributed by atoms with van der Waals surface area (Å²) in [6.45, 7) is 3.56. The Kier molecular flexibility index (Phi) is 6.81. The number of halogens is 2. The molecule has 134 valence electrons. The van der Waals surface area contributed by atoms with Crippen LogP contribution < -0.4 is 5.32 Å². The number of amides is 1. The van der Waals surface area contributed by atoms with Crippen molar-refractivity contribution in [3.8, 4) is 6.07 Å². The summed E-state index contributed by atoms with van der Waals surface area (Å²) in [4.78, 5) is 24.4. The molecule has 0 saturated carbocycles. The van der Waals surface area contributed by atoms with Crippen LogP contribution in [0, 0.1) is 18.3 Å². The van der Waals surface area contributed by atoms with Crippen molar-refractivity contribution in [1.29, 1.82) is 5.26 Å². The second-order valence-corrected chi connectivity index (χ2v) is 6.95. The van der Waals surface area contributed by atoms with Gasteiger partial charge in [0.1, 0.15) is 15.9 Å². The van der Waals surface area contributed by atoms with Crippen LogP contribution in [0.25, 0.3) is 6.08 Å². The van der Waals surface area contributed by atoms with Gasteiger partial charge in [-0.2, -0.15) is 5.26 Å². The molecular formula is C18H14Cl2N2O3S. The van der Waals surface area contributed by atoms with E-state index in [1.165, 1.54) is 12.2 Å². The van der Waals surface area contributed by atoms with E-state index < -0.39 is 11.9 Å². The molecule has 26 heavy (non-hydrogen) atoms. The largest absolute Gasteiger partial charge is 0.462 e. The molecule has 0 bridgehead atoms. The first-order chi connectivity index (χ1) is 12.4. The number of hydrogen-bond donors (Lipinski definition) is 1. The number of nitriles is 1. The van der Waals surface area contributed by atoms with Crippen LogP contribution >= 0.6 is 34.5 Å². The molecular weight excluding hydrogens is 395 g/mol. The summed E-state index contributed by atoms with van der Waals surface area (Å²) in [5, 5.41) is 13.1. The minimum absolute atomic E-state index is 0.227. The zero-order chi connectivity index (χ0) is 19.3. The lowest BCUT2D eigenvalue weighted by Crippen LogP contribution is -2.07. The standard InChI is InChI=1S/C18H14Cl2N2O3S/c1-3-25-18(24)16-10(2)13(9-21)17(26-16)22-15(23)7-5-11-4-6-12(19)8-14(11)20/h4-8H,3H2,1-2H3,(H,22,23)/b7-5+. The summed E-state index contributed by atoms with van der Waals surface area (Å²) in [5.41, 5.74) is 1.35. The average Bonchev–Trinajstić information content (AvgIpc) is 2.89. The molecule has 0 atom stereocenters. The first kappa shape index (κ1) is 20.0. The van der Waals surface area contributed by atoms with Crippen LogP contribution in [0.1, 0.15) is 33.3 Å². The summed E-state index contributed by atoms with van der Waals surface area (Å²) in [5.74, 6) is -0.973. The van der Waals surface area contributed by atoms with Crippen molar-refractivity contribution in [3.63, 3.8) is 0 Å². The zero-order valence-electron chi connectivity index (χ0n) is 13.9. The number of rotatable bonds is 5. The van der Waals surface area contributed by atoms with Crippen molar-refractivity contribution < 1.29 is 14.3 Å². The van der Waals surface area contributed by atoms with Gasteiger partial charge in [0.05, 0.1) is 12.2 Å². The molecule has 0 aliphatic rings. The summed E-state index contributed by atoms with van der Waals surface area (Å²) in [6, 6.07) is 6.92. The number of carbonyl (C=O) groups is 2. The number of nitrogens with one attached hydrogen (secondary N) is 1. The highest BCUT2D eigenvalue weighted by Gasteiger charge is 2.21. The van der Waals surface area contributed by atoms with Crippen LogP contribution in [-0.2, 0) is 9.53 Å². The summed E-state index contributed by atoms with van der Waals surface area (Å²) in [7, 11) is 0. The van der Waals surface area contributed by atoms with Crippen LogP contribution in [0.5, 0.6) is 0 Å². The van der Waals surface area contributed by atoms with Gasteiger partial charge < -0.3 is 10.1 Å². The third-order valence-electron chi connectivity index (χ3n) is 3.33. The third kappa shape index (κ3) is 4.64. The Morgan fingerprint density at radius 1 is 1.38 bits per heavy atom. The molecule has 0 radical (unpaired) electrons. The molecule has 0 aliphatic heterocycles. The van der Waals surface area contributed by atoms with Gasteiger partial charge in [0.2, 0.25) is 5.91 Å². The first-order valence-corrected chi connectivity index (χ1v) is 9.09. The molecule has 5 nitrogen and oxygen atoms in total.